The van der Waals surface area contributed by atoms with Crippen LogP contribution >= 0.6 is 11.8 Å². The first-order valence-electron chi connectivity index (χ1n) is 10.6. The van der Waals surface area contributed by atoms with Gasteiger partial charge >= 0.3 is 0 Å². The third-order valence-corrected chi connectivity index (χ3v) is 6.28. The predicted molar refractivity (Wildman–Crippen MR) is 130 cm³/mol. The fourth-order valence-corrected chi connectivity index (χ4v) is 4.35. The minimum Gasteiger partial charge on any atom is -0.490 e. The van der Waals surface area contributed by atoms with Crippen LogP contribution in [0.15, 0.2) is 65.6 Å². The Balaban J connectivity index is 1.54. The second kappa shape index (κ2) is 10.1. The Morgan fingerprint density at radius 1 is 1.16 bits per heavy atom. The van der Waals surface area contributed by atoms with Crippen molar-refractivity contribution in [3.63, 3.8) is 0 Å². The normalized spacial score (nSPS) is 13.8. The van der Waals surface area contributed by atoms with Gasteiger partial charge in [0.2, 0.25) is 0 Å². The van der Waals surface area contributed by atoms with Gasteiger partial charge in [0.1, 0.15) is 18.6 Å². The van der Waals surface area contributed by atoms with Crippen LogP contribution in [0.25, 0.3) is 0 Å². The van der Waals surface area contributed by atoms with Gasteiger partial charge in [-0.15, -0.1) is 11.8 Å². The van der Waals surface area contributed by atoms with Crippen LogP contribution in [0, 0.1) is 18.3 Å². The largest absolute Gasteiger partial charge is 0.490 e. The van der Waals surface area contributed by atoms with E-state index < -0.39 is 0 Å². The lowest BCUT2D eigenvalue weighted by atomic mass is 10.1. The maximum atomic E-state index is 9.35. The van der Waals surface area contributed by atoms with E-state index in [1.807, 2.05) is 25.1 Å². The molecule has 5 nitrogen and oxygen atoms in total. The number of hydrogen-bond acceptors (Lipinski definition) is 6. The van der Waals surface area contributed by atoms with E-state index >= 15 is 0 Å². The minimum atomic E-state index is -0.247. The van der Waals surface area contributed by atoms with E-state index in [0.717, 1.165) is 34.8 Å². The van der Waals surface area contributed by atoms with E-state index in [1.54, 1.807) is 18.9 Å². The molecule has 1 aliphatic heterocycles. The molecule has 32 heavy (non-hydrogen) atoms. The lowest BCUT2D eigenvalue weighted by molar-refractivity contribution is 0.0718. The number of methoxy groups -OCH3 is 1. The first-order valence-corrected chi connectivity index (χ1v) is 11.8. The first kappa shape index (κ1) is 22.2. The smallest absolute Gasteiger partial charge is 0.143 e. The second-order valence-corrected chi connectivity index (χ2v) is 8.62. The van der Waals surface area contributed by atoms with Gasteiger partial charge in [0.15, 0.2) is 0 Å². The number of thioether (sulfide) groups is 1. The van der Waals surface area contributed by atoms with Gasteiger partial charge in [0.05, 0.1) is 23.9 Å². The van der Waals surface area contributed by atoms with Crippen molar-refractivity contribution < 1.29 is 9.47 Å². The van der Waals surface area contributed by atoms with Crippen LogP contribution < -0.4 is 15.0 Å². The number of nitrogens with zero attached hydrogens (tertiary/aromatic N) is 2. The lowest BCUT2D eigenvalue weighted by Gasteiger charge is -2.32. The molecule has 0 aliphatic carbocycles. The Hall–Kier alpha value is -2.98. The molecule has 164 valence electrons. The van der Waals surface area contributed by atoms with Gasteiger partial charge in [-0.2, -0.15) is 5.26 Å². The fourth-order valence-electron chi connectivity index (χ4n) is 3.94. The van der Waals surface area contributed by atoms with Crippen LogP contribution in [0.4, 0.5) is 11.4 Å². The highest BCUT2D eigenvalue weighted by Crippen LogP contribution is 2.39. The molecular formula is C26H27N3O2S. The molecule has 3 aromatic rings. The first-order chi connectivity index (χ1) is 15.6. The Bertz CT molecular complexity index is 1120. The zero-order chi connectivity index (χ0) is 22.5. The Morgan fingerprint density at radius 2 is 1.97 bits per heavy atom. The third-order valence-electron chi connectivity index (χ3n) is 5.54. The molecule has 0 fully saturated rings. The predicted octanol–water partition coefficient (Wildman–Crippen LogP) is 5.55. The summed E-state index contributed by atoms with van der Waals surface area (Å²) in [6.07, 6.45) is 1.83. The zero-order valence-electron chi connectivity index (χ0n) is 18.6. The van der Waals surface area contributed by atoms with Crippen molar-refractivity contribution in [3.05, 3.63) is 82.9 Å². The Labute approximate surface area is 194 Å². The monoisotopic (exact) mass is 445 g/mol. The number of fused-ring (bicyclic) bond motifs is 1. The average molecular weight is 446 g/mol. The number of benzene rings is 3. The second-order valence-electron chi connectivity index (χ2n) is 7.74. The highest BCUT2D eigenvalue weighted by molar-refractivity contribution is 7.98. The van der Waals surface area contributed by atoms with Crippen LogP contribution in [-0.2, 0) is 11.3 Å². The van der Waals surface area contributed by atoms with E-state index in [0.29, 0.717) is 18.7 Å². The minimum absolute atomic E-state index is 0.247. The SMILES string of the molecule is COC(NCc1ccc(SC)cc1)c1ccc2c(c1)OCCN2c1cc(C)cc(C#N)c1. The van der Waals surface area contributed by atoms with Crippen molar-refractivity contribution in [2.24, 2.45) is 0 Å². The summed E-state index contributed by atoms with van der Waals surface area (Å²) in [6, 6.07) is 22.9. The van der Waals surface area contributed by atoms with Gasteiger partial charge in [-0.3, -0.25) is 5.32 Å². The Kier molecular flexibility index (Phi) is 7.01. The highest BCUT2D eigenvalue weighted by atomic mass is 32.2. The van der Waals surface area contributed by atoms with Gasteiger partial charge in [-0.05, 0) is 72.3 Å². The maximum absolute atomic E-state index is 9.35. The van der Waals surface area contributed by atoms with Crippen LogP contribution in [0.2, 0.25) is 0 Å². The number of anilines is 2. The van der Waals surface area contributed by atoms with Crippen LogP contribution in [0.5, 0.6) is 5.75 Å². The summed E-state index contributed by atoms with van der Waals surface area (Å²) in [4.78, 5) is 3.46. The molecule has 0 saturated heterocycles. The van der Waals surface area contributed by atoms with Gasteiger partial charge < -0.3 is 14.4 Å². The highest BCUT2D eigenvalue weighted by Gasteiger charge is 2.22. The summed E-state index contributed by atoms with van der Waals surface area (Å²) in [7, 11) is 1.71. The van der Waals surface area contributed by atoms with Crippen molar-refractivity contribution in [2.45, 2.75) is 24.6 Å². The summed E-state index contributed by atoms with van der Waals surface area (Å²) >= 11 is 1.74. The van der Waals surface area contributed by atoms with Crippen molar-refractivity contribution >= 4 is 23.1 Å². The quantitative estimate of drug-likeness (QED) is 0.380. The number of aryl methyl sites for hydroxylation is 1. The number of ether oxygens (including phenoxy) is 2. The van der Waals surface area contributed by atoms with Gasteiger partial charge in [-0.1, -0.05) is 18.2 Å². The van der Waals surface area contributed by atoms with E-state index in [-0.39, 0.29) is 6.23 Å². The standard InChI is InChI=1S/C26H27N3O2S/c1-18-12-20(16-27)14-22(13-18)29-10-11-31-25-15-21(6-9-24(25)29)26(30-2)28-17-19-4-7-23(32-3)8-5-19/h4-9,12-15,26,28H,10-11,17H2,1-3H3. The van der Waals surface area contributed by atoms with Crippen molar-refractivity contribution in [3.8, 4) is 11.8 Å². The van der Waals surface area contributed by atoms with Crippen molar-refractivity contribution in [2.75, 3.05) is 31.4 Å². The Morgan fingerprint density at radius 3 is 2.69 bits per heavy atom. The van der Waals surface area contributed by atoms with E-state index in [1.165, 1.54) is 10.5 Å². The fraction of sp³-hybridized carbons (Fsp3) is 0.269. The molecule has 1 N–H and O–H groups in total. The van der Waals surface area contributed by atoms with Crippen molar-refractivity contribution in [1.82, 2.24) is 5.32 Å². The van der Waals surface area contributed by atoms with Crippen LogP contribution in [0.1, 0.15) is 28.5 Å². The molecular weight excluding hydrogens is 418 g/mol. The molecule has 3 aromatic carbocycles. The number of hydrogen-bond donors (Lipinski definition) is 1. The van der Waals surface area contributed by atoms with E-state index in [9.17, 15) is 5.26 Å². The molecule has 1 heterocycles. The van der Waals surface area contributed by atoms with Gasteiger partial charge in [0, 0.05) is 24.2 Å². The van der Waals surface area contributed by atoms with E-state index in [2.05, 4.69) is 65.0 Å². The average Bonchev–Trinajstić information content (AvgIpc) is 2.83. The molecule has 0 radical (unpaired) electrons. The third kappa shape index (κ3) is 4.91. The maximum Gasteiger partial charge on any atom is 0.143 e. The molecule has 0 bridgehead atoms. The van der Waals surface area contributed by atoms with Crippen LogP contribution in [-0.4, -0.2) is 26.5 Å². The lowest BCUT2D eigenvalue weighted by Crippen LogP contribution is -2.29. The zero-order valence-corrected chi connectivity index (χ0v) is 19.4. The molecule has 0 amide bonds. The number of rotatable bonds is 7. The summed E-state index contributed by atoms with van der Waals surface area (Å²) in [6.45, 7) is 4.04. The summed E-state index contributed by atoms with van der Waals surface area (Å²) in [5.74, 6) is 0.821. The molecule has 1 aliphatic rings. The number of nitriles is 1. The molecule has 0 spiro atoms. The van der Waals surface area contributed by atoms with Crippen LogP contribution in [0.3, 0.4) is 0 Å². The van der Waals surface area contributed by atoms with E-state index in [4.69, 9.17) is 9.47 Å². The topological polar surface area (TPSA) is 57.5 Å². The van der Waals surface area contributed by atoms with Gasteiger partial charge in [0.25, 0.3) is 0 Å². The van der Waals surface area contributed by atoms with Gasteiger partial charge in [-0.25, -0.2) is 0 Å². The summed E-state index contributed by atoms with van der Waals surface area (Å²) in [5.41, 5.74) is 5.96. The molecule has 1 atom stereocenters. The molecule has 4 rings (SSSR count). The summed E-state index contributed by atoms with van der Waals surface area (Å²) < 4.78 is 11.7. The molecule has 6 heteroatoms. The van der Waals surface area contributed by atoms with Crippen molar-refractivity contribution in [1.29, 1.82) is 5.26 Å². The summed E-state index contributed by atoms with van der Waals surface area (Å²) in [5, 5.41) is 12.8. The molecule has 0 aromatic heterocycles. The molecule has 1 unspecified atom stereocenters. The molecule has 0 saturated carbocycles. The number of nitrogens with one attached hydrogen (secondary N) is 1.